The Morgan fingerprint density at radius 3 is 2.65 bits per heavy atom. The van der Waals surface area contributed by atoms with Gasteiger partial charge in [0.15, 0.2) is 17.3 Å². The average Bonchev–Trinajstić information content (AvgIpc) is 3.18. The lowest BCUT2D eigenvalue weighted by molar-refractivity contribution is 0.354. The van der Waals surface area contributed by atoms with Crippen LogP contribution in [-0.2, 0) is 20.0 Å². The van der Waals surface area contributed by atoms with Crippen molar-refractivity contribution >= 4 is 0 Å². The summed E-state index contributed by atoms with van der Waals surface area (Å²) in [6.45, 7) is 0.475. The molecule has 0 amide bonds. The van der Waals surface area contributed by atoms with E-state index in [-0.39, 0.29) is 0 Å². The summed E-state index contributed by atoms with van der Waals surface area (Å²) in [7, 11) is 5.08. The van der Waals surface area contributed by atoms with E-state index in [1.165, 1.54) is 0 Å². The summed E-state index contributed by atoms with van der Waals surface area (Å²) in [5.74, 6) is 2.90. The van der Waals surface area contributed by atoms with Crippen LogP contribution < -0.4 is 9.47 Å². The van der Waals surface area contributed by atoms with E-state index in [0.717, 1.165) is 17.2 Å². The quantitative estimate of drug-likeness (QED) is 0.652. The van der Waals surface area contributed by atoms with Crippen LogP contribution in [0.15, 0.2) is 24.5 Å². The van der Waals surface area contributed by atoms with Gasteiger partial charge in [0, 0.05) is 13.5 Å². The van der Waals surface area contributed by atoms with Crippen molar-refractivity contribution in [2.45, 2.75) is 13.0 Å². The minimum absolute atomic E-state index is 0.475. The Bertz CT molecular complexity index is 783. The number of hydrogen-bond donors (Lipinski definition) is 0. The molecule has 0 bridgehead atoms. The Balaban J connectivity index is 1.78. The third kappa shape index (κ3) is 3.28. The summed E-state index contributed by atoms with van der Waals surface area (Å²) in [5.41, 5.74) is 1.04. The smallest absolute Gasteiger partial charge is 0.161 e. The van der Waals surface area contributed by atoms with Crippen LogP contribution >= 0.6 is 0 Å². The average molecular weight is 315 g/mol. The first-order chi connectivity index (χ1) is 11.2. The van der Waals surface area contributed by atoms with Crippen molar-refractivity contribution in [1.29, 1.82) is 0 Å². The number of aryl methyl sites for hydroxylation is 1. The molecule has 9 nitrogen and oxygen atoms in total. The summed E-state index contributed by atoms with van der Waals surface area (Å²) >= 11 is 0. The minimum Gasteiger partial charge on any atom is -0.493 e. The second kappa shape index (κ2) is 6.42. The summed E-state index contributed by atoms with van der Waals surface area (Å²) in [5, 5.41) is 15.5. The molecule has 1 aromatic carbocycles. The number of benzene rings is 1. The maximum Gasteiger partial charge on any atom is 0.161 e. The lowest BCUT2D eigenvalue weighted by Crippen LogP contribution is -2.07. The molecule has 120 valence electrons. The Hall–Kier alpha value is -2.97. The zero-order valence-corrected chi connectivity index (χ0v) is 13.2. The third-order valence-corrected chi connectivity index (χ3v) is 3.40. The number of aromatic nitrogens is 7. The number of nitrogens with zero attached hydrogens (tertiary/aromatic N) is 7. The Labute approximate surface area is 132 Å². The van der Waals surface area contributed by atoms with Crippen molar-refractivity contribution in [1.82, 2.24) is 35.0 Å². The Morgan fingerprint density at radius 1 is 1.13 bits per heavy atom. The monoisotopic (exact) mass is 315 g/mol. The molecule has 2 heterocycles. The Morgan fingerprint density at radius 2 is 1.96 bits per heavy atom. The van der Waals surface area contributed by atoms with Crippen molar-refractivity contribution in [3.8, 4) is 11.5 Å². The van der Waals surface area contributed by atoms with Gasteiger partial charge in [0.05, 0.1) is 14.2 Å². The predicted molar refractivity (Wildman–Crippen MR) is 80.3 cm³/mol. The molecule has 0 atom stereocenters. The van der Waals surface area contributed by atoms with Crippen LogP contribution in [0.3, 0.4) is 0 Å². The highest BCUT2D eigenvalue weighted by atomic mass is 16.5. The van der Waals surface area contributed by atoms with Gasteiger partial charge in [0.2, 0.25) is 0 Å². The van der Waals surface area contributed by atoms with E-state index in [0.29, 0.717) is 24.5 Å². The molecular weight excluding hydrogens is 298 g/mol. The predicted octanol–water partition coefficient (Wildman–Crippen LogP) is 0.458. The molecule has 3 rings (SSSR count). The van der Waals surface area contributed by atoms with Crippen LogP contribution in [0.4, 0.5) is 0 Å². The largest absolute Gasteiger partial charge is 0.493 e. The molecule has 3 aromatic rings. The van der Waals surface area contributed by atoms with E-state index in [2.05, 4.69) is 25.6 Å². The molecule has 0 unspecified atom stereocenters. The lowest BCUT2D eigenvalue weighted by Gasteiger charge is -2.08. The van der Waals surface area contributed by atoms with Crippen molar-refractivity contribution in [3.63, 3.8) is 0 Å². The summed E-state index contributed by atoms with van der Waals surface area (Å²) in [6.07, 6.45) is 2.15. The molecule has 0 aliphatic carbocycles. The molecule has 0 saturated carbocycles. The number of tetrazole rings is 1. The normalized spacial score (nSPS) is 10.7. The molecule has 0 N–H and O–H groups in total. The number of hydrogen-bond acceptors (Lipinski definition) is 7. The van der Waals surface area contributed by atoms with Crippen molar-refractivity contribution in [2.75, 3.05) is 14.2 Å². The molecule has 0 radical (unpaired) electrons. The molecule has 0 spiro atoms. The fraction of sp³-hybridized carbons (Fsp3) is 0.357. The Kier molecular flexibility index (Phi) is 4.18. The first kappa shape index (κ1) is 14.9. The molecular formula is C14H17N7O2. The maximum atomic E-state index is 5.32. The van der Waals surface area contributed by atoms with Crippen LogP contribution in [-0.4, -0.2) is 49.2 Å². The van der Waals surface area contributed by atoms with Gasteiger partial charge in [0.25, 0.3) is 0 Å². The van der Waals surface area contributed by atoms with Gasteiger partial charge in [-0.3, -0.25) is 4.68 Å². The van der Waals surface area contributed by atoms with E-state index in [9.17, 15) is 0 Å². The van der Waals surface area contributed by atoms with Crippen molar-refractivity contribution in [2.24, 2.45) is 7.05 Å². The van der Waals surface area contributed by atoms with Gasteiger partial charge in [-0.2, -0.15) is 5.10 Å². The number of ether oxygens (including phenoxy) is 2. The molecule has 9 heteroatoms. The van der Waals surface area contributed by atoms with Crippen molar-refractivity contribution in [3.05, 3.63) is 41.7 Å². The molecule has 23 heavy (non-hydrogen) atoms. The van der Waals surface area contributed by atoms with E-state index in [1.54, 1.807) is 29.9 Å². The lowest BCUT2D eigenvalue weighted by atomic mass is 10.1. The van der Waals surface area contributed by atoms with Gasteiger partial charge in [-0.05, 0) is 28.1 Å². The standard InChI is InChI=1S/C14H17N7O2/c1-20-14(8-21-9-15-18-19-21)16-13(17-20)7-10-4-5-11(22-2)12(6-10)23-3/h4-6,9H,7-8H2,1-3H3. The first-order valence-corrected chi connectivity index (χ1v) is 7.00. The minimum atomic E-state index is 0.475. The van der Waals surface area contributed by atoms with Crippen LogP contribution in [0.25, 0.3) is 0 Å². The second-order valence-corrected chi connectivity index (χ2v) is 4.94. The maximum absolute atomic E-state index is 5.32. The van der Waals surface area contributed by atoms with Crippen LogP contribution in [0, 0.1) is 0 Å². The highest BCUT2D eigenvalue weighted by Crippen LogP contribution is 2.28. The van der Waals surface area contributed by atoms with Crippen LogP contribution in [0.5, 0.6) is 11.5 Å². The van der Waals surface area contributed by atoms with Crippen LogP contribution in [0.2, 0.25) is 0 Å². The van der Waals surface area contributed by atoms with Gasteiger partial charge in [-0.25, -0.2) is 9.67 Å². The van der Waals surface area contributed by atoms with Gasteiger partial charge in [-0.1, -0.05) is 6.07 Å². The first-order valence-electron chi connectivity index (χ1n) is 7.00. The van der Waals surface area contributed by atoms with Gasteiger partial charge in [-0.15, -0.1) is 5.10 Å². The van der Waals surface area contributed by atoms with E-state index >= 15 is 0 Å². The summed E-state index contributed by atoms with van der Waals surface area (Å²) in [6, 6.07) is 5.77. The fourth-order valence-electron chi connectivity index (χ4n) is 2.26. The molecule has 0 fully saturated rings. The summed E-state index contributed by atoms with van der Waals surface area (Å²) in [4.78, 5) is 4.54. The summed E-state index contributed by atoms with van der Waals surface area (Å²) < 4.78 is 13.9. The molecule has 0 aliphatic heterocycles. The van der Waals surface area contributed by atoms with Crippen LogP contribution in [0.1, 0.15) is 17.2 Å². The second-order valence-electron chi connectivity index (χ2n) is 4.94. The number of rotatable bonds is 6. The highest BCUT2D eigenvalue weighted by Gasteiger charge is 2.11. The molecule has 2 aromatic heterocycles. The zero-order chi connectivity index (χ0) is 16.2. The molecule has 0 aliphatic rings. The number of methoxy groups -OCH3 is 2. The van der Waals surface area contributed by atoms with Gasteiger partial charge < -0.3 is 9.47 Å². The fourth-order valence-corrected chi connectivity index (χ4v) is 2.26. The third-order valence-electron chi connectivity index (χ3n) is 3.40. The van der Waals surface area contributed by atoms with Crippen molar-refractivity contribution < 1.29 is 9.47 Å². The zero-order valence-electron chi connectivity index (χ0n) is 13.2. The van der Waals surface area contributed by atoms with E-state index in [4.69, 9.17) is 9.47 Å². The van der Waals surface area contributed by atoms with E-state index < -0.39 is 0 Å². The highest BCUT2D eigenvalue weighted by molar-refractivity contribution is 5.43. The van der Waals surface area contributed by atoms with E-state index in [1.807, 2.05) is 25.2 Å². The van der Waals surface area contributed by atoms with Gasteiger partial charge in [0.1, 0.15) is 18.7 Å². The SMILES string of the molecule is COc1ccc(Cc2nc(Cn3cnnn3)n(C)n2)cc1OC. The van der Waals surface area contributed by atoms with Gasteiger partial charge >= 0.3 is 0 Å². The molecule has 0 saturated heterocycles. The topological polar surface area (TPSA) is 92.8 Å².